The van der Waals surface area contributed by atoms with E-state index in [-0.39, 0.29) is 16.6 Å². The van der Waals surface area contributed by atoms with Gasteiger partial charge in [-0.05, 0) is 91.3 Å². The van der Waals surface area contributed by atoms with Crippen LogP contribution in [-0.2, 0) is 32.7 Å². The molecule has 7 heteroatoms. The van der Waals surface area contributed by atoms with Crippen LogP contribution >= 0.6 is 11.6 Å². The van der Waals surface area contributed by atoms with Crippen LogP contribution < -0.4 is 0 Å². The van der Waals surface area contributed by atoms with Crippen LogP contribution in [0.4, 0.5) is 0 Å². The lowest BCUT2D eigenvalue weighted by Crippen LogP contribution is -2.26. The van der Waals surface area contributed by atoms with Crippen molar-refractivity contribution >= 4 is 51.8 Å². The molecule has 1 heterocycles. The van der Waals surface area contributed by atoms with Crippen LogP contribution in [0.5, 0.6) is 0 Å². The fourth-order valence-corrected chi connectivity index (χ4v) is 7.84. The maximum atomic E-state index is 14.1. The van der Waals surface area contributed by atoms with Crippen molar-refractivity contribution in [2.75, 3.05) is 12.9 Å². The Morgan fingerprint density at radius 3 is 2.60 bits per heavy atom. The first-order valence-electron chi connectivity index (χ1n) is 14.6. The third-order valence-corrected chi connectivity index (χ3v) is 10.5. The number of aliphatic hydroxyl groups is 1. The average Bonchev–Trinajstić information content (AvgIpc) is 3.74. The predicted molar refractivity (Wildman–Crippen MR) is 176 cm³/mol. The lowest BCUT2D eigenvalue weighted by Gasteiger charge is -2.27. The molecule has 43 heavy (non-hydrogen) atoms. The number of hydrogen-bond acceptors (Lipinski definition) is 5. The smallest absolute Gasteiger partial charge is 0.306 e. The van der Waals surface area contributed by atoms with Gasteiger partial charge in [0.15, 0.2) is 0 Å². The van der Waals surface area contributed by atoms with E-state index in [4.69, 9.17) is 21.3 Å². The highest BCUT2D eigenvalue weighted by Gasteiger charge is 2.49. The molecule has 1 saturated carbocycles. The van der Waals surface area contributed by atoms with Crippen molar-refractivity contribution in [2.24, 2.45) is 5.41 Å². The van der Waals surface area contributed by atoms with Crippen molar-refractivity contribution in [3.63, 3.8) is 0 Å². The molecular formula is C36H38ClNO4S. The second-order valence-electron chi connectivity index (χ2n) is 12.1. The minimum absolute atomic E-state index is 0.237. The molecule has 1 aliphatic carbocycles. The minimum atomic E-state index is -1.22. The number of ether oxygens (including phenoxy) is 1. The van der Waals surface area contributed by atoms with Gasteiger partial charge in [-0.15, -0.1) is 0 Å². The van der Waals surface area contributed by atoms with Gasteiger partial charge >= 0.3 is 5.97 Å². The SMILES string of the molecule is COC(=O)CC1(C[S@@+]([O-])C(CCc2ccccc2C(C)(C)O)c2cccc(/C=C/c3ccc4ccc(Cl)cc4n3)c2)CC1. The monoisotopic (exact) mass is 615 g/mol. The Hall–Kier alpha value is -3.16. The fraction of sp³-hybridized carbons (Fsp3) is 0.333. The maximum absolute atomic E-state index is 14.1. The number of benzene rings is 3. The summed E-state index contributed by atoms with van der Waals surface area (Å²) in [7, 11) is 1.40. The summed E-state index contributed by atoms with van der Waals surface area (Å²) in [5.41, 5.74) is 4.34. The van der Waals surface area contributed by atoms with E-state index in [1.807, 2.05) is 84.9 Å². The number of pyridine rings is 1. The Labute approximate surface area is 262 Å². The van der Waals surface area contributed by atoms with E-state index in [2.05, 4.69) is 6.07 Å². The van der Waals surface area contributed by atoms with E-state index >= 15 is 0 Å². The number of halogens is 1. The summed E-state index contributed by atoms with van der Waals surface area (Å²) in [4.78, 5) is 16.8. The standard InChI is InChI=1S/C36H38ClNO4S/c1-35(2,40)31-10-5-4-8-26(31)14-18-33(43(41)24-36(19-20-36)23-34(39)42-3)28-9-6-7-25(21-28)11-16-30-17-13-27-12-15-29(37)22-32(27)38-30/h4-13,15-17,21-22,33,40H,14,18-20,23-24H2,1-3H3/b16-11+/t33?,43-/m1/s1. The molecule has 0 aliphatic heterocycles. The van der Waals surface area contributed by atoms with Gasteiger partial charge in [0.05, 0.1) is 30.3 Å². The van der Waals surface area contributed by atoms with Crippen molar-refractivity contribution in [2.45, 2.75) is 56.8 Å². The summed E-state index contributed by atoms with van der Waals surface area (Å²) in [6, 6.07) is 25.8. The van der Waals surface area contributed by atoms with E-state index < -0.39 is 16.8 Å². The van der Waals surface area contributed by atoms with Crippen molar-refractivity contribution in [1.29, 1.82) is 0 Å². The number of esters is 1. The van der Waals surface area contributed by atoms with Crippen LogP contribution in [0.15, 0.2) is 78.9 Å². The molecule has 0 amide bonds. The number of aromatic nitrogens is 1. The number of carbonyl (C=O) groups excluding carboxylic acids is 1. The highest BCUT2D eigenvalue weighted by atomic mass is 35.5. The predicted octanol–water partition coefficient (Wildman–Crippen LogP) is 8.05. The van der Waals surface area contributed by atoms with Gasteiger partial charge in [-0.3, -0.25) is 4.79 Å². The first-order valence-corrected chi connectivity index (χ1v) is 16.4. The molecule has 0 bridgehead atoms. The van der Waals surface area contributed by atoms with E-state index in [9.17, 15) is 14.5 Å². The number of methoxy groups -OCH3 is 1. The first-order chi connectivity index (χ1) is 20.5. The van der Waals surface area contributed by atoms with Crippen LogP contribution in [0.3, 0.4) is 0 Å². The number of hydrogen-bond donors (Lipinski definition) is 1. The molecule has 4 aromatic rings. The van der Waals surface area contributed by atoms with Gasteiger partial charge in [-0.1, -0.05) is 72.3 Å². The second-order valence-corrected chi connectivity index (χ2v) is 14.2. The summed E-state index contributed by atoms with van der Waals surface area (Å²) in [6.45, 7) is 3.58. The lowest BCUT2D eigenvalue weighted by molar-refractivity contribution is -0.141. The van der Waals surface area contributed by atoms with E-state index in [1.165, 1.54) is 7.11 Å². The topological polar surface area (TPSA) is 82.5 Å². The van der Waals surface area contributed by atoms with Crippen LogP contribution in [0.2, 0.25) is 5.02 Å². The molecule has 0 spiro atoms. The van der Waals surface area contributed by atoms with Crippen LogP contribution in [0, 0.1) is 5.41 Å². The molecular weight excluding hydrogens is 578 g/mol. The van der Waals surface area contributed by atoms with Crippen molar-refractivity contribution < 1.29 is 19.2 Å². The summed E-state index contributed by atoms with van der Waals surface area (Å²) in [5.74, 6) is 0.214. The van der Waals surface area contributed by atoms with Gasteiger partial charge in [0.1, 0.15) is 11.0 Å². The van der Waals surface area contributed by atoms with Gasteiger partial charge in [0, 0.05) is 27.8 Å². The quantitative estimate of drug-likeness (QED) is 0.129. The van der Waals surface area contributed by atoms with E-state index in [0.717, 1.165) is 51.7 Å². The molecule has 1 aromatic heterocycles. The third-order valence-electron chi connectivity index (χ3n) is 8.23. The lowest BCUT2D eigenvalue weighted by atomic mass is 9.90. The zero-order valence-corrected chi connectivity index (χ0v) is 26.5. The number of fused-ring (bicyclic) bond motifs is 1. The zero-order chi connectivity index (χ0) is 30.6. The Balaban J connectivity index is 1.41. The van der Waals surface area contributed by atoms with Gasteiger partial charge in [0.25, 0.3) is 0 Å². The average molecular weight is 616 g/mol. The molecule has 5 rings (SSSR count). The molecule has 0 saturated heterocycles. The van der Waals surface area contributed by atoms with Gasteiger partial charge in [-0.25, -0.2) is 4.98 Å². The highest BCUT2D eigenvalue weighted by molar-refractivity contribution is 7.91. The zero-order valence-electron chi connectivity index (χ0n) is 24.9. The van der Waals surface area contributed by atoms with Crippen molar-refractivity contribution in [3.8, 4) is 0 Å². The Morgan fingerprint density at radius 2 is 1.86 bits per heavy atom. The van der Waals surface area contributed by atoms with Gasteiger partial charge in [-0.2, -0.15) is 0 Å². The molecule has 1 unspecified atom stereocenters. The van der Waals surface area contributed by atoms with Crippen molar-refractivity contribution in [1.82, 2.24) is 4.98 Å². The Bertz CT molecular complexity index is 1630. The van der Waals surface area contributed by atoms with Gasteiger partial charge < -0.3 is 14.4 Å². The normalized spacial score (nSPS) is 15.9. The van der Waals surface area contributed by atoms with E-state index in [1.54, 1.807) is 13.8 Å². The van der Waals surface area contributed by atoms with E-state index in [0.29, 0.717) is 30.0 Å². The molecule has 1 aliphatic rings. The fourth-order valence-electron chi connectivity index (χ4n) is 5.64. The Morgan fingerprint density at radius 1 is 1.09 bits per heavy atom. The first kappa shape index (κ1) is 31.3. The third kappa shape index (κ3) is 8.07. The van der Waals surface area contributed by atoms with Crippen molar-refractivity contribution in [3.05, 3.63) is 112 Å². The van der Waals surface area contributed by atoms with Crippen LogP contribution in [-0.4, -0.2) is 33.5 Å². The number of carbonyl (C=O) groups is 1. The second kappa shape index (κ2) is 13.2. The minimum Gasteiger partial charge on any atom is -0.616 e. The largest absolute Gasteiger partial charge is 0.616 e. The maximum Gasteiger partial charge on any atom is 0.306 e. The molecule has 224 valence electrons. The number of nitrogens with zero attached hydrogens (tertiary/aromatic N) is 1. The molecule has 3 aromatic carbocycles. The summed E-state index contributed by atoms with van der Waals surface area (Å²) in [5, 5.41) is 12.2. The Kier molecular flexibility index (Phi) is 9.62. The summed E-state index contributed by atoms with van der Waals surface area (Å²) < 4.78 is 19.0. The summed E-state index contributed by atoms with van der Waals surface area (Å²) >= 11 is 4.95. The molecule has 0 radical (unpaired) electrons. The van der Waals surface area contributed by atoms with Crippen LogP contribution in [0.25, 0.3) is 23.1 Å². The highest BCUT2D eigenvalue weighted by Crippen LogP contribution is 2.51. The molecule has 2 atom stereocenters. The number of aryl methyl sites for hydroxylation is 1. The number of rotatable bonds is 12. The molecule has 1 N–H and O–H groups in total. The molecule has 1 fully saturated rings. The van der Waals surface area contributed by atoms with Crippen LogP contribution in [0.1, 0.15) is 72.7 Å². The molecule has 5 nitrogen and oxygen atoms in total. The summed E-state index contributed by atoms with van der Waals surface area (Å²) in [6.07, 6.45) is 7.38. The van der Waals surface area contributed by atoms with Gasteiger partial charge in [0.2, 0.25) is 0 Å².